The van der Waals surface area contributed by atoms with Crippen LogP contribution in [0.15, 0.2) is 57.8 Å². The SMILES string of the molecule is CCC(=O)N(CC(C)C)C(C)c1nc2ccccc2c(=O)n1-c1ccc(Br)cc1. The van der Waals surface area contributed by atoms with Crippen molar-refractivity contribution in [1.82, 2.24) is 14.5 Å². The third-order valence-electron chi connectivity index (χ3n) is 4.91. The summed E-state index contributed by atoms with van der Waals surface area (Å²) in [6, 6.07) is 14.6. The Hall–Kier alpha value is -2.47. The van der Waals surface area contributed by atoms with Crippen LogP contribution in [0, 0.1) is 5.92 Å². The highest BCUT2D eigenvalue weighted by molar-refractivity contribution is 9.10. The van der Waals surface area contributed by atoms with Crippen LogP contribution in [0.2, 0.25) is 0 Å². The second-order valence-electron chi connectivity index (χ2n) is 7.57. The Morgan fingerprint density at radius 2 is 1.76 bits per heavy atom. The lowest BCUT2D eigenvalue weighted by Crippen LogP contribution is -2.39. The number of rotatable bonds is 6. The van der Waals surface area contributed by atoms with Gasteiger partial charge in [-0.15, -0.1) is 0 Å². The first-order chi connectivity index (χ1) is 13.8. The van der Waals surface area contributed by atoms with Gasteiger partial charge < -0.3 is 4.90 Å². The lowest BCUT2D eigenvalue weighted by Gasteiger charge is -2.31. The zero-order valence-electron chi connectivity index (χ0n) is 17.2. The van der Waals surface area contributed by atoms with Crippen LogP contribution < -0.4 is 5.56 Å². The number of halogens is 1. The number of aromatic nitrogens is 2. The molecule has 0 radical (unpaired) electrons. The second kappa shape index (κ2) is 8.91. The molecule has 0 spiro atoms. The Labute approximate surface area is 179 Å². The highest BCUT2D eigenvalue weighted by Crippen LogP contribution is 2.25. The second-order valence-corrected chi connectivity index (χ2v) is 8.49. The molecule has 5 nitrogen and oxygen atoms in total. The minimum Gasteiger partial charge on any atom is -0.333 e. The summed E-state index contributed by atoms with van der Waals surface area (Å²) in [6.07, 6.45) is 0.410. The summed E-state index contributed by atoms with van der Waals surface area (Å²) in [6.45, 7) is 8.58. The molecule has 2 aromatic carbocycles. The smallest absolute Gasteiger partial charge is 0.266 e. The third-order valence-corrected chi connectivity index (χ3v) is 5.44. The predicted octanol–water partition coefficient (Wildman–Crippen LogP) is 5.10. The molecule has 3 rings (SSSR count). The maximum atomic E-state index is 13.4. The van der Waals surface area contributed by atoms with Crippen molar-refractivity contribution in [3.8, 4) is 5.69 Å². The van der Waals surface area contributed by atoms with E-state index in [9.17, 15) is 9.59 Å². The minimum atomic E-state index is -0.342. The lowest BCUT2D eigenvalue weighted by atomic mass is 10.1. The van der Waals surface area contributed by atoms with Gasteiger partial charge in [0, 0.05) is 17.4 Å². The molecule has 6 heteroatoms. The molecule has 1 aromatic heterocycles. The van der Waals surface area contributed by atoms with Gasteiger partial charge in [0.05, 0.1) is 22.6 Å². The molecule has 1 amide bonds. The average molecular weight is 456 g/mol. The van der Waals surface area contributed by atoms with E-state index in [4.69, 9.17) is 4.98 Å². The van der Waals surface area contributed by atoms with Crippen LogP contribution in [0.5, 0.6) is 0 Å². The summed E-state index contributed by atoms with van der Waals surface area (Å²) < 4.78 is 2.57. The normalized spacial score (nSPS) is 12.3. The van der Waals surface area contributed by atoms with Crippen LogP contribution in [0.1, 0.15) is 46.0 Å². The first-order valence-electron chi connectivity index (χ1n) is 9.90. The fraction of sp³-hybridized carbons (Fsp3) is 0.348. The van der Waals surface area contributed by atoms with Crippen molar-refractivity contribution in [2.24, 2.45) is 5.92 Å². The van der Waals surface area contributed by atoms with Gasteiger partial charge in [-0.1, -0.05) is 48.8 Å². The van der Waals surface area contributed by atoms with Crippen molar-refractivity contribution in [3.63, 3.8) is 0 Å². The molecule has 0 aliphatic carbocycles. The summed E-state index contributed by atoms with van der Waals surface area (Å²) >= 11 is 3.45. The van der Waals surface area contributed by atoms with Gasteiger partial charge in [-0.2, -0.15) is 0 Å². The van der Waals surface area contributed by atoms with E-state index in [0.717, 1.165) is 10.2 Å². The highest BCUT2D eigenvalue weighted by Gasteiger charge is 2.26. The Kier molecular flexibility index (Phi) is 6.52. The molecule has 0 bridgehead atoms. The quantitative estimate of drug-likeness (QED) is 0.519. The van der Waals surface area contributed by atoms with E-state index in [1.54, 1.807) is 10.6 Å². The van der Waals surface area contributed by atoms with E-state index in [0.29, 0.717) is 35.6 Å². The largest absolute Gasteiger partial charge is 0.333 e. The summed E-state index contributed by atoms with van der Waals surface area (Å²) in [4.78, 5) is 32.8. The maximum absolute atomic E-state index is 13.4. The first-order valence-corrected chi connectivity index (χ1v) is 10.7. The van der Waals surface area contributed by atoms with E-state index in [-0.39, 0.29) is 17.5 Å². The number of hydrogen-bond acceptors (Lipinski definition) is 3. The molecule has 152 valence electrons. The zero-order chi connectivity index (χ0) is 21.1. The molecule has 1 heterocycles. The van der Waals surface area contributed by atoms with Crippen LogP contribution in [0.25, 0.3) is 16.6 Å². The molecule has 0 aliphatic rings. The van der Waals surface area contributed by atoms with Gasteiger partial charge in [0.15, 0.2) is 0 Å². The van der Waals surface area contributed by atoms with E-state index in [1.165, 1.54) is 0 Å². The molecule has 0 fully saturated rings. The highest BCUT2D eigenvalue weighted by atomic mass is 79.9. The standard InChI is InChI=1S/C23H26BrN3O2/c1-5-21(28)26(14-15(2)3)16(4)22-25-20-9-7-6-8-19(20)23(29)27(22)18-12-10-17(24)11-13-18/h6-13,15-16H,5,14H2,1-4H3. The fourth-order valence-corrected chi connectivity index (χ4v) is 3.75. The number of amides is 1. The fourth-order valence-electron chi connectivity index (χ4n) is 3.48. The average Bonchev–Trinajstić information content (AvgIpc) is 2.71. The van der Waals surface area contributed by atoms with Crippen molar-refractivity contribution in [1.29, 1.82) is 0 Å². The maximum Gasteiger partial charge on any atom is 0.266 e. The van der Waals surface area contributed by atoms with Crippen molar-refractivity contribution in [2.75, 3.05) is 6.54 Å². The summed E-state index contributed by atoms with van der Waals surface area (Å²) in [5, 5.41) is 0.559. The molecule has 0 N–H and O–H groups in total. The van der Waals surface area contributed by atoms with Crippen LogP contribution in [-0.4, -0.2) is 26.9 Å². The molecule has 0 saturated carbocycles. The van der Waals surface area contributed by atoms with Gasteiger partial charge >= 0.3 is 0 Å². The van der Waals surface area contributed by atoms with Crippen molar-refractivity contribution in [3.05, 3.63) is 69.2 Å². The van der Waals surface area contributed by atoms with Gasteiger partial charge in [-0.25, -0.2) is 4.98 Å². The number of carbonyl (C=O) groups is 1. The monoisotopic (exact) mass is 455 g/mol. The van der Waals surface area contributed by atoms with Gasteiger partial charge in [0.1, 0.15) is 5.82 Å². The summed E-state index contributed by atoms with van der Waals surface area (Å²) in [7, 11) is 0. The van der Waals surface area contributed by atoms with Crippen molar-refractivity contribution in [2.45, 2.75) is 40.2 Å². The van der Waals surface area contributed by atoms with Crippen LogP contribution in [0.4, 0.5) is 0 Å². The minimum absolute atomic E-state index is 0.0518. The zero-order valence-corrected chi connectivity index (χ0v) is 18.8. The molecule has 1 unspecified atom stereocenters. The number of para-hydroxylation sites is 1. The van der Waals surface area contributed by atoms with E-state index in [2.05, 4.69) is 29.8 Å². The molecule has 0 aliphatic heterocycles. The molecule has 1 atom stereocenters. The lowest BCUT2D eigenvalue weighted by molar-refractivity contribution is -0.133. The Morgan fingerprint density at radius 3 is 2.38 bits per heavy atom. The van der Waals surface area contributed by atoms with Crippen LogP contribution in [-0.2, 0) is 4.79 Å². The molecule has 0 saturated heterocycles. The van der Waals surface area contributed by atoms with Crippen molar-refractivity contribution < 1.29 is 4.79 Å². The van der Waals surface area contributed by atoms with E-state index in [1.807, 2.05) is 61.2 Å². The molecular weight excluding hydrogens is 430 g/mol. The summed E-state index contributed by atoms with van der Waals surface area (Å²) in [5.74, 6) is 0.927. The molecule has 3 aromatic rings. The number of benzene rings is 2. The van der Waals surface area contributed by atoms with Crippen LogP contribution >= 0.6 is 15.9 Å². The number of fused-ring (bicyclic) bond motifs is 1. The summed E-state index contributed by atoms with van der Waals surface area (Å²) in [5.41, 5.74) is 1.24. The number of hydrogen-bond donors (Lipinski definition) is 0. The van der Waals surface area contributed by atoms with Crippen LogP contribution in [0.3, 0.4) is 0 Å². The Bertz CT molecular complexity index is 1070. The Balaban J connectivity index is 2.26. The third kappa shape index (κ3) is 4.42. The van der Waals surface area contributed by atoms with Gasteiger partial charge in [-0.05, 0) is 49.2 Å². The predicted molar refractivity (Wildman–Crippen MR) is 120 cm³/mol. The Morgan fingerprint density at radius 1 is 1.10 bits per heavy atom. The van der Waals surface area contributed by atoms with Gasteiger partial charge in [0.25, 0.3) is 5.56 Å². The molecule has 29 heavy (non-hydrogen) atoms. The van der Waals surface area contributed by atoms with E-state index < -0.39 is 0 Å². The van der Waals surface area contributed by atoms with Crippen molar-refractivity contribution >= 4 is 32.7 Å². The number of carbonyl (C=O) groups excluding carboxylic acids is 1. The van der Waals surface area contributed by atoms with Gasteiger partial charge in [-0.3, -0.25) is 14.2 Å². The first kappa shape index (κ1) is 21.2. The number of nitrogens with zero attached hydrogens (tertiary/aromatic N) is 3. The topological polar surface area (TPSA) is 55.2 Å². The molecular formula is C23H26BrN3O2. The van der Waals surface area contributed by atoms with E-state index >= 15 is 0 Å². The van der Waals surface area contributed by atoms with Gasteiger partial charge in [0.2, 0.25) is 5.91 Å².